The number of nitrogens with zero attached hydrogens (tertiary/aromatic N) is 4. The van der Waals surface area contributed by atoms with E-state index in [0.29, 0.717) is 18.8 Å². The standard InChI is InChI=1S/C12H23N5O/c1-6-16(7-2)11(18)9(3)17-8-10(14-15-17)12(4,5)13/h8-9H,6-7,13H2,1-5H3. The summed E-state index contributed by atoms with van der Waals surface area (Å²) in [4.78, 5) is 13.9. The van der Waals surface area contributed by atoms with Gasteiger partial charge >= 0.3 is 0 Å². The molecule has 1 heterocycles. The highest BCUT2D eigenvalue weighted by Crippen LogP contribution is 2.16. The molecule has 1 aromatic rings. The number of carbonyl (C=O) groups excluding carboxylic acids is 1. The molecule has 0 spiro atoms. The molecule has 0 saturated heterocycles. The van der Waals surface area contributed by atoms with E-state index >= 15 is 0 Å². The average molecular weight is 253 g/mol. The van der Waals surface area contributed by atoms with Crippen LogP contribution in [0.4, 0.5) is 0 Å². The van der Waals surface area contributed by atoms with Crippen LogP contribution < -0.4 is 5.73 Å². The maximum Gasteiger partial charge on any atom is 0.247 e. The monoisotopic (exact) mass is 253 g/mol. The van der Waals surface area contributed by atoms with Gasteiger partial charge in [0.05, 0.1) is 11.7 Å². The van der Waals surface area contributed by atoms with Crippen molar-refractivity contribution in [3.8, 4) is 0 Å². The van der Waals surface area contributed by atoms with Gasteiger partial charge in [-0.3, -0.25) is 4.79 Å². The largest absolute Gasteiger partial charge is 0.341 e. The first-order valence-corrected chi connectivity index (χ1v) is 6.31. The van der Waals surface area contributed by atoms with Crippen molar-refractivity contribution in [2.24, 2.45) is 5.73 Å². The third-order valence-corrected chi connectivity index (χ3v) is 3.00. The van der Waals surface area contributed by atoms with E-state index in [2.05, 4.69) is 10.3 Å². The second-order valence-electron chi connectivity index (χ2n) is 4.99. The molecule has 0 saturated carbocycles. The molecule has 0 aromatic carbocycles. The summed E-state index contributed by atoms with van der Waals surface area (Å²) in [6.45, 7) is 10.9. The predicted octanol–water partition coefficient (Wildman–Crippen LogP) is 0.901. The summed E-state index contributed by atoms with van der Waals surface area (Å²) in [6, 6.07) is -0.353. The first kappa shape index (κ1) is 14.6. The Balaban J connectivity index is 2.88. The number of likely N-dealkylation sites (N-methyl/N-ethyl adjacent to an activating group) is 1. The van der Waals surface area contributed by atoms with Crippen molar-refractivity contribution in [2.45, 2.75) is 46.2 Å². The summed E-state index contributed by atoms with van der Waals surface area (Å²) >= 11 is 0. The van der Waals surface area contributed by atoms with Gasteiger partial charge < -0.3 is 10.6 Å². The van der Waals surface area contributed by atoms with Gasteiger partial charge in [0.2, 0.25) is 5.91 Å². The van der Waals surface area contributed by atoms with Gasteiger partial charge in [-0.2, -0.15) is 0 Å². The number of hydrogen-bond donors (Lipinski definition) is 1. The second-order valence-corrected chi connectivity index (χ2v) is 4.99. The lowest BCUT2D eigenvalue weighted by Gasteiger charge is -2.22. The summed E-state index contributed by atoms with van der Waals surface area (Å²) < 4.78 is 1.57. The zero-order chi connectivity index (χ0) is 13.9. The van der Waals surface area contributed by atoms with E-state index in [1.807, 2.05) is 34.6 Å². The van der Waals surface area contributed by atoms with Crippen molar-refractivity contribution in [1.29, 1.82) is 0 Å². The summed E-state index contributed by atoms with van der Waals surface area (Å²) in [6.07, 6.45) is 1.74. The minimum atomic E-state index is -0.545. The summed E-state index contributed by atoms with van der Waals surface area (Å²) in [5.41, 5.74) is 6.08. The molecule has 0 radical (unpaired) electrons. The highest BCUT2D eigenvalue weighted by molar-refractivity contribution is 5.79. The number of carbonyl (C=O) groups is 1. The van der Waals surface area contributed by atoms with Gasteiger partial charge in [0.25, 0.3) is 0 Å². The average Bonchev–Trinajstić information content (AvgIpc) is 2.78. The van der Waals surface area contributed by atoms with E-state index < -0.39 is 5.54 Å². The third-order valence-electron chi connectivity index (χ3n) is 3.00. The van der Waals surface area contributed by atoms with Crippen molar-refractivity contribution in [3.05, 3.63) is 11.9 Å². The van der Waals surface area contributed by atoms with Gasteiger partial charge in [0.15, 0.2) is 0 Å². The van der Waals surface area contributed by atoms with E-state index in [0.717, 1.165) is 0 Å². The van der Waals surface area contributed by atoms with Crippen molar-refractivity contribution in [3.63, 3.8) is 0 Å². The molecule has 0 aliphatic carbocycles. The van der Waals surface area contributed by atoms with Crippen LogP contribution in [0.5, 0.6) is 0 Å². The van der Waals surface area contributed by atoms with Crippen LogP contribution in [0.15, 0.2) is 6.20 Å². The number of hydrogen-bond acceptors (Lipinski definition) is 4. The molecule has 0 fully saturated rings. The molecule has 0 aliphatic heterocycles. The summed E-state index contributed by atoms with van der Waals surface area (Å²) in [7, 11) is 0. The van der Waals surface area contributed by atoms with Crippen molar-refractivity contribution in [1.82, 2.24) is 19.9 Å². The highest BCUT2D eigenvalue weighted by atomic mass is 16.2. The van der Waals surface area contributed by atoms with Gasteiger partial charge in [0, 0.05) is 13.1 Å². The van der Waals surface area contributed by atoms with Crippen LogP contribution in [0.3, 0.4) is 0 Å². The Labute approximate surface area is 108 Å². The highest BCUT2D eigenvalue weighted by Gasteiger charge is 2.24. The Morgan fingerprint density at radius 1 is 1.50 bits per heavy atom. The summed E-state index contributed by atoms with van der Waals surface area (Å²) in [5.74, 6) is 0.0475. The van der Waals surface area contributed by atoms with Crippen LogP contribution in [0, 0.1) is 0 Å². The molecule has 102 valence electrons. The zero-order valence-corrected chi connectivity index (χ0v) is 11.8. The van der Waals surface area contributed by atoms with Crippen molar-refractivity contribution < 1.29 is 4.79 Å². The first-order chi connectivity index (χ1) is 8.31. The Morgan fingerprint density at radius 2 is 2.06 bits per heavy atom. The maximum atomic E-state index is 12.2. The van der Waals surface area contributed by atoms with Gasteiger partial charge in [-0.05, 0) is 34.6 Å². The topological polar surface area (TPSA) is 77.0 Å². The Kier molecular flexibility index (Phi) is 4.45. The van der Waals surface area contributed by atoms with Gasteiger partial charge in [0.1, 0.15) is 11.7 Å². The van der Waals surface area contributed by atoms with E-state index in [4.69, 9.17) is 5.73 Å². The molecule has 2 N–H and O–H groups in total. The quantitative estimate of drug-likeness (QED) is 0.846. The second kappa shape index (κ2) is 5.48. The fourth-order valence-corrected chi connectivity index (χ4v) is 1.67. The Morgan fingerprint density at radius 3 is 2.44 bits per heavy atom. The number of rotatable bonds is 5. The van der Waals surface area contributed by atoms with Crippen LogP contribution in [0.1, 0.15) is 46.4 Å². The fraction of sp³-hybridized carbons (Fsp3) is 0.750. The lowest BCUT2D eigenvalue weighted by molar-refractivity contribution is -0.134. The van der Waals surface area contributed by atoms with Crippen LogP contribution in [0.25, 0.3) is 0 Å². The van der Waals surface area contributed by atoms with E-state index in [9.17, 15) is 4.79 Å². The molecule has 0 aliphatic rings. The van der Waals surface area contributed by atoms with E-state index in [1.165, 1.54) is 0 Å². The Hall–Kier alpha value is -1.43. The molecule has 18 heavy (non-hydrogen) atoms. The molecular weight excluding hydrogens is 230 g/mol. The fourth-order valence-electron chi connectivity index (χ4n) is 1.67. The minimum absolute atomic E-state index is 0.0475. The maximum absolute atomic E-state index is 12.2. The molecular formula is C12H23N5O. The third kappa shape index (κ3) is 3.07. The van der Waals surface area contributed by atoms with Gasteiger partial charge in [-0.1, -0.05) is 5.21 Å². The smallest absolute Gasteiger partial charge is 0.247 e. The van der Waals surface area contributed by atoms with Crippen molar-refractivity contribution in [2.75, 3.05) is 13.1 Å². The van der Waals surface area contributed by atoms with Crippen molar-refractivity contribution >= 4 is 5.91 Å². The molecule has 1 rings (SSSR count). The summed E-state index contributed by atoms with van der Waals surface area (Å²) in [5, 5.41) is 8.01. The van der Waals surface area contributed by atoms with Crippen LogP contribution in [-0.4, -0.2) is 38.9 Å². The molecule has 1 atom stereocenters. The number of aromatic nitrogens is 3. The molecule has 1 amide bonds. The van der Waals surface area contributed by atoms with Crippen LogP contribution >= 0.6 is 0 Å². The van der Waals surface area contributed by atoms with E-state index in [-0.39, 0.29) is 11.9 Å². The minimum Gasteiger partial charge on any atom is -0.341 e. The lowest BCUT2D eigenvalue weighted by atomic mass is 10.0. The first-order valence-electron chi connectivity index (χ1n) is 6.31. The Bertz CT molecular complexity index is 403. The molecule has 6 nitrogen and oxygen atoms in total. The lowest BCUT2D eigenvalue weighted by Crippen LogP contribution is -2.36. The molecule has 6 heteroatoms. The molecule has 1 aromatic heterocycles. The number of nitrogens with two attached hydrogens (primary N) is 1. The molecule has 0 bridgehead atoms. The number of amides is 1. The van der Waals surface area contributed by atoms with E-state index in [1.54, 1.807) is 15.8 Å². The SMILES string of the molecule is CCN(CC)C(=O)C(C)n1cc(C(C)(C)N)nn1. The van der Waals surface area contributed by atoms with Gasteiger partial charge in [-0.25, -0.2) is 4.68 Å². The molecule has 1 unspecified atom stereocenters. The van der Waals surface area contributed by atoms with Gasteiger partial charge in [-0.15, -0.1) is 5.10 Å². The van der Waals surface area contributed by atoms with Crippen LogP contribution in [-0.2, 0) is 10.3 Å². The predicted molar refractivity (Wildman–Crippen MR) is 69.9 cm³/mol. The van der Waals surface area contributed by atoms with Crippen LogP contribution in [0.2, 0.25) is 0 Å². The zero-order valence-electron chi connectivity index (χ0n) is 11.8. The normalized spacial score (nSPS) is 13.4.